The zero-order chi connectivity index (χ0) is 32.9. The molecule has 5 unspecified atom stereocenters. The van der Waals surface area contributed by atoms with Crippen molar-refractivity contribution >= 4 is 51.1 Å². The number of nitrogens with zero attached hydrogens (tertiary/aromatic N) is 5. The Kier molecular flexibility index (Phi) is 15.4. The van der Waals surface area contributed by atoms with Crippen molar-refractivity contribution < 1.29 is 52.8 Å². The van der Waals surface area contributed by atoms with E-state index < -0.39 is 41.2 Å². The van der Waals surface area contributed by atoms with Gasteiger partial charge in [0.1, 0.15) is 24.6 Å². The van der Waals surface area contributed by atoms with Gasteiger partial charge in [-0.25, -0.2) is 4.68 Å². The minimum Gasteiger partial charge on any atom is -0.390 e. The largest absolute Gasteiger partial charge is 0.390 e. The van der Waals surface area contributed by atoms with Crippen LogP contribution in [0.25, 0.3) is 11.0 Å². The molecule has 5 N–H and O–H groups in total. The molecule has 2 aromatic rings. The van der Waals surface area contributed by atoms with E-state index in [1.165, 1.54) is 4.68 Å². The molecule has 20 heteroatoms. The number of anilines is 1. The molecule has 2 aliphatic heterocycles. The highest BCUT2D eigenvalue weighted by Gasteiger charge is 2.39. The summed E-state index contributed by atoms with van der Waals surface area (Å²) in [6.45, 7) is 3.89. The van der Waals surface area contributed by atoms with Crippen LogP contribution in [0.2, 0.25) is 5.28 Å². The lowest BCUT2D eigenvalue weighted by atomic mass is 10.0. The molecule has 2 fully saturated rings. The third kappa shape index (κ3) is 10.8. The number of halogens is 1. The van der Waals surface area contributed by atoms with Crippen molar-refractivity contribution in [3.05, 3.63) is 11.5 Å². The molecule has 0 radical (unpaired) electrons. The summed E-state index contributed by atoms with van der Waals surface area (Å²) < 4.78 is 34.1. The van der Waals surface area contributed by atoms with Gasteiger partial charge in [-0.2, -0.15) is 15.1 Å². The van der Waals surface area contributed by atoms with Crippen LogP contribution in [0.4, 0.5) is 5.82 Å². The molecule has 2 saturated heterocycles. The van der Waals surface area contributed by atoms with Crippen molar-refractivity contribution in [2.45, 2.75) is 37.3 Å². The predicted octanol–water partition coefficient (Wildman–Crippen LogP) is 0.0974. The molecule has 5 atom stereocenters. The van der Waals surface area contributed by atoms with Gasteiger partial charge in [-0.15, -0.1) is 6.42 Å². The zero-order valence-corrected chi connectivity index (χ0v) is 27.6. The lowest BCUT2D eigenvalue weighted by Crippen LogP contribution is -2.57. The Bertz CT molecular complexity index is 1290. The van der Waals surface area contributed by atoms with Crippen LogP contribution < -0.4 is 10.2 Å². The Labute approximate surface area is 273 Å². The molecule has 1 amide bonds. The number of fused-ring (bicyclic) bond motifs is 1. The summed E-state index contributed by atoms with van der Waals surface area (Å²) >= 11 is 6.29. The van der Waals surface area contributed by atoms with E-state index in [-0.39, 0.29) is 36.7 Å². The highest BCUT2D eigenvalue weighted by Crippen LogP contribution is 2.44. The molecule has 17 nitrogen and oxygen atoms in total. The van der Waals surface area contributed by atoms with E-state index in [1.807, 2.05) is 4.90 Å². The van der Waals surface area contributed by atoms with Crippen molar-refractivity contribution in [1.82, 2.24) is 25.1 Å². The Morgan fingerprint density at radius 1 is 1.11 bits per heavy atom. The average molecular weight is 709 g/mol. The summed E-state index contributed by atoms with van der Waals surface area (Å²) in [4.78, 5) is 51.4. The van der Waals surface area contributed by atoms with Crippen LogP contribution in [0.3, 0.4) is 0 Å². The van der Waals surface area contributed by atoms with E-state index in [9.17, 15) is 14.8 Å². The highest BCUT2D eigenvalue weighted by atomic mass is 35.5. The fourth-order valence-electron chi connectivity index (χ4n) is 4.71. The summed E-state index contributed by atoms with van der Waals surface area (Å²) in [6, 6.07) is -0.462. The fraction of sp³-hybridized carbons (Fsp3) is 0.692. The second kappa shape index (κ2) is 19.2. The molecule has 4 heterocycles. The van der Waals surface area contributed by atoms with Crippen LogP contribution in [-0.4, -0.2) is 142 Å². The number of terminal acetylenes is 1. The van der Waals surface area contributed by atoms with Crippen molar-refractivity contribution in [3.8, 4) is 12.3 Å². The van der Waals surface area contributed by atoms with Gasteiger partial charge in [0.25, 0.3) is 0 Å². The Morgan fingerprint density at radius 3 is 2.46 bits per heavy atom. The smallest absolute Gasteiger partial charge is 0.242 e. The molecular formula is C26H39ClN6O11P2. The maximum absolute atomic E-state index is 12.9. The number of aliphatic hydroxyl groups excluding tert-OH is 1. The minimum absolute atomic E-state index is 0.0413. The number of amides is 1. The molecule has 0 bridgehead atoms. The van der Waals surface area contributed by atoms with Gasteiger partial charge in [-0.05, 0) is 18.0 Å². The monoisotopic (exact) mass is 708 g/mol. The zero-order valence-electron chi connectivity index (χ0n) is 25.0. The van der Waals surface area contributed by atoms with Gasteiger partial charge in [0.15, 0.2) is 28.6 Å². The van der Waals surface area contributed by atoms with E-state index in [0.29, 0.717) is 82.6 Å². The van der Waals surface area contributed by atoms with Crippen LogP contribution in [0.15, 0.2) is 6.20 Å². The van der Waals surface area contributed by atoms with E-state index in [2.05, 4.69) is 26.3 Å². The minimum atomic E-state index is -2.30. The summed E-state index contributed by atoms with van der Waals surface area (Å²) in [7, 11) is -4.36. The summed E-state index contributed by atoms with van der Waals surface area (Å²) in [5.41, 5.74) is 0.367. The second-order valence-electron chi connectivity index (χ2n) is 10.1. The van der Waals surface area contributed by atoms with Crippen molar-refractivity contribution in [2.24, 2.45) is 0 Å². The van der Waals surface area contributed by atoms with E-state index in [4.69, 9.17) is 56.0 Å². The number of carbonyl (C=O) groups is 1. The first kappa shape index (κ1) is 37.0. The molecule has 0 spiro atoms. The number of hydrogen-bond acceptors (Lipinski definition) is 15. The molecule has 4 rings (SSSR count). The number of nitrogens with one attached hydrogen (secondary N) is 1. The van der Waals surface area contributed by atoms with Gasteiger partial charge < -0.3 is 58.2 Å². The summed E-state index contributed by atoms with van der Waals surface area (Å²) in [5.74, 6) is 2.39. The number of ether oxygens (including phenoxy) is 5. The third-order valence-electron chi connectivity index (χ3n) is 6.96. The number of hydrogen-bond donors (Lipinski definition) is 5. The standard InChI is InChI=1S/C26H39ClN6O11P2/c1-2-6-39-8-10-41-12-13-42-11-9-40-7-4-28-25(35)19-3-5-32(19)23-18-15-29-33(24(18)31-26(27)30-23)22-14-20(34)21(44-22)16-43-46(38)17-45(36)37/h1,15,19-22,34,36-38H,3-14,16-17H2,(H,28,35). The second-order valence-corrected chi connectivity index (χ2v) is 13.3. The Morgan fingerprint density at radius 2 is 1.80 bits per heavy atom. The van der Waals surface area contributed by atoms with E-state index in [1.54, 1.807) is 6.20 Å². The summed E-state index contributed by atoms with van der Waals surface area (Å²) in [6.07, 6.45) is 5.02. The molecule has 0 saturated carbocycles. The first-order valence-electron chi connectivity index (χ1n) is 14.6. The molecule has 0 aromatic carbocycles. The maximum atomic E-state index is 12.9. The Hall–Kier alpha value is -1.87. The van der Waals surface area contributed by atoms with Crippen molar-refractivity contribution in [2.75, 3.05) is 83.4 Å². The number of aliphatic hydroxyl groups is 1. The van der Waals surface area contributed by atoms with Crippen LogP contribution in [0, 0.1) is 12.3 Å². The van der Waals surface area contributed by atoms with E-state index in [0.717, 1.165) is 0 Å². The predicted molar refractivity (Wildman–Crippen MR) is 167 cm³/mol. The lowest BCUT2D eigenvalue weighted by molar-refractivity contribution is -0.123. The van der Waals surface area contributed by atoms with Gasteiger partial charge in [-0.1, -0.05) is 5.92 Å². The topological polar surface area (TPSA) is 212 Å². The number of rotatable bonds is 21. The van der Waals surface area contributed by atoms with E-state index >= 15 is 0 Å². The molecule has 0 aliphatic carbocycles. The normalized spacial score (nSPS) is 21.9. The molecule has 256 valence electrons. The molecule has 2 aliphatic rings. The maximum Gasteiger partial charge on any atom is 0.242 e. The average Bonchev–Trinajstić information content (AvgIpc) is 3.58. The van der Waals surface area contributed by atoms with Crippen LogP contribution >= 0.6 is 28.4 Å². The van der Waals surface area contributed by atoms with Crippen LogP contribution in [0.5, 0.6) is 0 Å². The highest BCUT2D eigenvalue weighted by molar-refractivity contribution is 7.63. The Balaban J connectivity index is 1.20. The quantitative estimate of drug-likeness (QED) is 0.0504. The molecule has 2 aromatic heterocycles. The first-order chi connectivity index (χ1) is 22.3. The fourth-order valence-corrected chi connectivity index (χ4v) is 6.38. The van der Waals surface area contributed by atoms with Crippen LogP contribution in [0.1, 0.15) is 19.1 Å². The van der Waals surface area contributed by atoms with Gasteiger partial charge in [0.2, 0.25) is 11.2 Å². The SMILES string of the molecule is C#CCOCCOCCOCCOCCNC(=O)C1CCN1c1nc(Cl)nc2c1cnn2C1CC(O)C(COP(O)CP(O)O)O1. The molecular weight excluding hydrogens is 670 g/mol. The lowest BCUT2D eigenvalue weighted by Gasteiger charge is -2.40. The third-order valence-corrected chi connectivity index (χ3v) is 9.56. The number of carbonyl (C=O) groups excluding carboxylic acids is 1. The van der Waals surface area contributed by atoms with Gasteiger partial charge in [-0.3, -0.25) is 4.79 Å². The van der Waals surface area contributed by atoms with Crippen molar-refractivity contribution in [3.63, 3.8) is 0 Å². The van der Waals surface area contributed by atoms with Gasteiger partial charge >= 0.3 is 0 Å². The summed E-state index contributed by atoms with van der Waals surface area (Å²) in [5, 5.41) is 18.3. The number of aromatic nitrogens is 4. The van der Waals surface area contributed by atoms with Crippen LogP contribution in [-0.2, 0) is 33.0 Å². The van der Waals surface area contributed by atoms with Gasteiger partial charge in [0, 0.05) is 19.5 Å². The van der Waals surface area contributed by atoms with Gasteiger partial charge in [0.05, 0.1) is 76.4 Å². The first-order valence-corrected chi connectivity index (χ1v) is 17.8. The molecule has 46 heavy (non-hydrogen) atoms. The van der Waals surface area contributed by atoms with Crippen molar-refractivity contribution in [1.29, 1.82) is 0 Å².